The number of phenols is 1. The van der Waals surface area contributed by atoms with Gasteiger partial charge in [-0.15, -0.1) is 11.3 Å². The smallest absolute Gasteiger partial charge is 0.213 e. The first-order valence-corrected chi connectivity index (χ1v) is 4.49. The van der Waals surface area contributed by atoms with Gasteiger partial charge in [0.05, 0.1) is 5.39 Å². The summed E-state index contributed by atoms with van der Waals surface area (Å²) in [5.74, 6) is -1.13. The topological polar surface area (TPSA) is 20.2 Å². The molecule has 0 unspecified atom stereocenters. The molecule has 0 amide bonds. The second-order valence-corrected chi connectivity index (χ2v) is 3.80. The van der Waals surface area contributed by atoms with Gasteiger partial charge >= 0.3 is 0 Å². The summed E-state index contributed by atoms with van der Waals surface area (Å²) in [5, 5.41) is 8.56. The molecule has 0 spiro atoms. The normalized spacial score (nSPS) is 11.0. The Bertz CT molecular complexity index is 476. The standard InChI is InChI=1S/C9H6F2OS/c1-4-2-3-5-6(8(4)12)7(10)9(11)13-5/h2-3,12H,1H3. The van der Waals surface area contributed by atoms with Crippen LogP contribution in [-0.4, -0.2) is 5.11 Å². The first kappa shape index (κ1) is 8.44. The number of phenolic OH excluding ortho intramolecular Hbond substituents is 1. The van der Waals surface area contributed by atoms with E-state index in [4.69, 9.17) is 0 Å². The number of fused-ring (bicyclic) bond motifs is 1. The van der Waals surface area contributed by atoms with E-state index in [9.17, 15) is 13.9 Å². The molecular formula is C9H6F2OS. The molecule has 0 aliphatic rings. The van der Waals surface area contributed by atoms with Crippen molar-refractivity contribution in [2.45, 2.75) is 6.92 Å². The van der Waals surface area contributed by atoms with E-state index in [-0.39, 0.29) is 11.1 Å². The van der Waals surface area contributed by atoms with Crippen LogP contribution in [0.3, 0.4) is 0 Å². The summed E-state index contributed by atoms with van der Waals surface area (Å²) >= 11 is 0.700. The SMILES string of the molecule is Cc1ccc2sc(F)c(F)c2c1O. The first-order chi connectivity index (χ1) is 6.11. The van der Waals surface area contributed by atoms with E-state index >= 15 is 0 Å². The van der Waals surface area contributed by atoms with Crippen molar-refractivity contribution in [1.29, 1.82) is 0 Å². The Morgan fingerprint density at radius 1 is 1.31 bits per heavy atom. The number of rotatable bonds is 0. The predicted octanol–water partition coefficient (Wildman–Crippen LogP) is 3.19. The van der Waals surface area contributed by atoms with Crippen LogP contribution in [0.1, 0.15) is 5.56 Å². The van der Waals surface area contributed by atoms with Crippen LogP contribution in [0, 0.1) is 17.9 Å². The van der Waals surface area contributed by atoms with Gasteiger partial charge in [-0.1, -0.05) is 6.07 Å². The lowest BCUT2D eigenvalue weighted by Crippen LogP contribution is -1.78. The molecule has 0 atom stereocenters. The molecule has 4 heteroatoms. The highest BCUT2D eigenvalue weighted by molar-refractivity contribution is 7.17. The van der Waals surface area contributed by atoms with Gasteiger partial charge in [0.1, 0.15) is 5.75 Å². The lowest BCUT2D eigenvalue weighted by atomic mass is 10.1. The molecule has 1 aromatic carbocycles. The molecule has 1 N–H and O–H groups in total. The highest BCUT2D eigenvalue weighted by Crippen LogP contribution is 2.36. The van der Waals surface area contributed by atoms with Crippen LogP contribution in [0.5, 0.6) is 5.75 Å². The minimum absolute atomic E-state index is 0.0116. The fourth-order valence-electron chi connectivity index (χ4n) is 1.21. The molecule has 0 bridgehead atoms. The average molecular weight is 200 g/mol. The molecule has 2 aromatic rings. The fourth-order valence-corrected chi connectivity index (χ4v) is 2.02. The van der Waals surface area contributed by atoms with Crippen molar-refractivity contribution in [2.24, 2.45) is 0 Å². The highest BCUT2D eigenvalue weighted by Gasteiger charge is 2.15. The molecular weight excluding hydrogens is 194 g/mol. The summed E-state index contributed by atoms with van der Waals surface area (Å²) in [5.41, 5.74) is 0.546. The minimum atomic E-state index is -0.957. The van der Waals surface area contributed by atoms with E-state index in [1.807, 2.05) is 0 Å². The third-order valence-electron chi connectivity index (χ3n) is 1.93. The number of hydrogen-bond donors (Lipinski definition) is 1. The minimum Gasteiger partial charge on any atom is -0.507 e. The van der Waals surface area contributed by atoms with E-state index in [0.29, 0.717) is 21.6 Å². The zero-order valence-corrected chi connectivity index (χ0v) is 7.58. The van der Waals surface area contributed by atoms with Gasteiger partial charge < -0.3 is 5.11 Å². The summed E-state index contributed by atoms with van der Waals surface area (Å²) in [7, 11) is 0. The molecule has 0 saturated heterocycles. The average Bonchev–Trinajstić information content (AvgIpc) is 2.37. The number of aromatic hydroxyl groups is 1. The Morgan fingerprint density at radius 2 is 2.00 bits per heavy atom. The Hall–Kier alpha value is -1.16. The molecule has 0 saturated carbocycles. The Labute approximate surface area is 77.2 Å². The Balaban J connectivity index is 2.97. The van der Waals surface area contributed by atoms with Crippen molar-refractivity contribution in [2.75, 3.05) is 0 Å². The van der Waals surface area contributed by atoms with E-state index < -0.39 is 10.9 Å². The van der Waals surface area contributed by atoms with Crippen LogP contribution in [0.15, 0.2) is 12.1 Å². The maximum atomic E-state index is 13.1. The summed E-state index contributed by atoms with van der Waals surface area (Å²) in [4.78, 5) is 0. The van der Waals surface area contributed by atoms with Crippen molar-refractivity contribution in [3.05, 3.63) is 28.6 Å². The molecule has 0 fully saturated rings. The second-order valence-electron chi connectivity index (χ2n) is 2.79. The van der Waals surface area contributed by atoms with Crippen LogP contribution in [0.2, 0.25) is 0 Å². The molecule has 0 radical (unpaired) electrons. The van der Waals surface area contributed by atoms with Crippen molar-refractivity contribution in [1.82, 2.24) is 0 Å². The van der Waals surface area contributed by atoms with Gasteiger partial charge in [0.2, 0.25) is 5.13 Å². The van der Waals surface area contributed by atoms with Gasteiger partial charge in [0.25, 0.3) is 0 Å². The van der Waals surface area contributed by atoms with Crippen LogP contribution in [-0.2, 0) is 0 Å². The van der Waals surface area contributed by atoms with Gasteiger partial charge in [0, 0.05) is 4.70 Å². The lowest BCUT2D eigenvalue weighted by Gasteiger charge is -1.98. The molecule has 0 aliphatic heterocycles. The lowest BCUT2D eigenvalue weighted by molar-refractivity contribution is 0.471. The van der Waals surface area contributed by atoms with Crippen molar-refractivity contribution in [3.8, 4) is 5.75 Å². The zero-order valence-electron chi connectivity index (χ0n) is 6.77. The van der Waals surface area contributed by atoms with Gasteiger partial charge in [-0.25, -0.2) is 4.39 Å². The number of benzene rings is 1. The summed E-state index contributed by atoms with van der Waals surface area (Å²) < 4.78 is 26.3. The fraction of sp³-hybridized carbons (Fsp3) is 0.111. The summed E-state index contributed by atoms with van der Waals surface area (Å²) in [6, 6.07) is 3.23. The van der Waals surface area contributed by atoms with Gasteiger partial charge in [-0.3, -0.25) is 0 Å². The largest absolute Gasteiger partial charge is 0.507 e. The number of halogens is 2. The third-order valence-corrected chi connectivity index (χ3v) is 2.85. The summed E-state index contributed by atoms with van der Waals surface area (Å²) in [6.45, 7) is 1.64. The van der Waals surface area contributed by atoms with Gasteiger partial charge in [-0.05, 0) is 18.6 Å². The number of hydrogen-bond acceptors (Lipinski definition) is 2. The van der Waals surface area contributed by atoms with Crippen LogP contribution in [0.25, 0.3) is 10.1 Å². The van der Waals surface area contributed by atoms with Crippen LogP contribution >= 0.6 is 11.3 Å². The van der Waals surface area contributed by atoms with E-state index in [0.717, 1.165) is 0 Å². The summed E-state index contributed by atoms with van der Waals surface area (Å²) in [6.07, 6.45) is 0. The van der Waals surface area contributed by atoms with Crippen molar-refractivity contribution >= 4 is 21.4 Å². The molecule has 0 aliphatic carbocycles. The van der Waals surface area contributed by atoms with Gasteiger partial charge in [0.15, 0.2) is 5.82 Å². The van der Waals surface area contributed by atoms with Crippen molar-refractivity contribution < 1.29 is 13.9 Å². The molecule has 2 rings (SSSR count). The predicted molar refractivity (Wildman–Crippen MR) is 48.1 cm³/mol. The molecule has 68 valence electrons. The Morgan fingerprint density at radius 3 is 2.69 bits per heavy atom. The molecule has 1 aromatic heterocycles. The first-order valence-electron chi connectivity index (χ1n) is 3.67. The van der Waals surface area contributed by atoms with Crippen LogP contribution < -0.4 is 0 Å². The monoisotopic (exact) mass is 200 g/mol. The molecule has 1 heterocycles. The second kappa shape index (κ2) is 2.67. The number of thiophene rings is 1. The number of aryl methyl sites for hydroxylation is 1. The van der Waals surface area contributed by atoms with E-state index in [1.165, 1.54) is 0 Å². The van der Waals surface area contributed by atoms with E-state index in [2.05, 4.69) is 0 Å². The maximum Gasteiger partial charge on any atom is 0.213 e. The molecule has 1 nitrogen and oxygen atoms in total. The molecule has 13 heavy (non-hydrogen) atoms. The highest BCUT2D eigenvalue weighted by atomic mass is 32.1. The quantitative estimate of drug-likeness (QED) is 0.692. The zero-order chi connectivity index (χ0) is 9.59. The van der Waals surface area contributed by atoms with Gasteiger partial charge in [-0.2, -0.15) is 4.39 Å². The van der Waals surface area contributed by atoms with Crippen molar-refractivity contribution in [3.63, 3.8) is 0 Å². The van der Waals surface area contributed by atoms with E-state index in [1.54, 1.807) is 19.1 Å². The maximum absolute atomic E-state index is 13.1. The van der Waals surface area contributed by atoms with Crippen LogP contribution in [0.4, 0.5) is 8.78 Å². The third kappa shape index (κ3) is 1.09. The Kier molecular flexibility index (Phi) is 1.73.